The van der Waals surface area contributed by atoms with Crippen molar-refractivity contribution in [3.8, 4) is 17.4 Å². The van der Waals surface area contributed by atoms with Gasteiger partial charge in [-0.2, -0.15) is 0 Å². The lowest BCUT2D eigenvalue weighted by molar-refractivity contribution is -0.140. The van der Waals surface area contributed by atoms with Crippen LogP contribution in [0.4, 0.5) is 0 Å². The predicted octanol–water partition coefficient (Wildman–Crippen LogP) is 10.3. The quantitative estimate of drug-likeness (QED) is 0.0192. The molecular formula is C51H62N2O11. The van der Waals surface area contributed by atoms with Crippen LogP contribution < -0.4 is 14.2 Å². The van der Waals surface area contributed by atoms with Gasteiger partial charge in [0, 0.05) is 41.3 Å². The highest BCUT2D eigenvalue weighted by Gasteiger charge is 2.24. The number of nitrogens with one attached hydrogen (secondary N) is 1. The van der Waals surface area contributed by atoms with Crippen molar-refractivity contribution in [2.24, 2.45) is 11.8 Å². The third-order valence-corrected chi connectivity index (χ3v) is 11.1. The summed E-state index contributed by atoms with van der Waals surface area (Å²) < 4.78 is 32.5. The molecule has 0 saturated heterocycles. The highest BCUT2D eigenvalue weighted by molar-refractivity contribution is 5.94. The van der Waals surface area contributed by atoms with Crippen LogP contribution in [0.15, 0.2) is 97.8 Å². The highest BCUT2D eigenvalue weighted by atomic mass is 16.6. The van der Waals surface area contributed by atoms with E-state index in [1.54, 1.807) is 38.1 Å². The number of aromatic nitrogens is 1. The van der Waals surface area contributed by atoms with E-state index in [0.717, 1.165) is 82.9 Å². The molecule has 1 saturated carbocycles. The van der Waals surface area contributed by atoms with Crippen LogP contribution in [0.2, 0.25) is 0 Å². The van der Waals surface area contributed by atoms with E-state index in [1.165, 1.54) is 30.0 Å². The summed E-state index contributed by atoms with van der Waals surface area (Å²) in [6.45, 7) is 15.3. The number of carbonyl (C=O) groups is 5. The van der Waals surface area contributed by atoms with Crippen molar-refractivity contribution in [1.82, 2.24) is 4.98 Å². The molecular weight excluding hydrogens is 817 g/mol. The molecule has 0 aliphatic heterocycles. The summed E-state index contributed by atoms with van der Waals surface area (Å²) in [5.41, 5.74) is 2.77. The second-order valence-corrected chi connectivity index (χ2v) is 16.2. The van der Waals surface area contributed by atoms with Gasteiger partial charge in [-0.05, 0) is 138 Å². The first kappa shape index (κ1) is 50.3. The molecule has 13 nitrogen and oxygen atoms in total. The molecule has 1 aromatic heterocycles. The Labute approximate surface area is 376 Å². The standard InChI is InChI=1S/C51H62N2O11/c1-6-47(54)60-29-10-8-7-9-28-59-46-25-22-42(34-53-46)51(58)64-45-24-23-44(32-43(45)33-52)63-50(57)41-20-18-40(19-21-41)39-16-14-37(15-17-39)12-11-13-38(26-30-61-48(55)35(2)3)27-31-62-49(56)36(4)5/h6,18-25,32-34,37-39,52H,1-2,4,7-17,26-31H2,3,5H3. The Hall–Kier alpha value is -6.37. The molecule has 0 unspecified atom stereocenters. The molecule has 2 aromatic carbocycles. The molecule has 1 aliphatic rings. The molecule has 3 aromatic rings. The van der Waals surface area contributed by atoms with E-state index >= 15 is 0 Å². The monoisotopic (exact) mass is 878 g/mol. The zero-order valence-corrected chi connectivity index (χ0v) is 37.2. The number of esters is 5. The molecule has 13 heteroatoms. The van der Waals surface area contributed by atoms with Gasteiger partial charge >= 0.3 is 29.8 Å². The Balaban J connectivity index is 1.18. The Morgan fingerprint density at radius 1 is 0.719 bits per heavy atom. The van der Waals surface area contributed by atoms with Crippen LogP contribution in [0.5, 0.6) is 17.4 Å². The maximum atomic E-state index is 13.1. The molecule has 0 radical (unpaired) electrons. The number of nitrogens with zero attached hydrogens (tertiary/aromatic N) is 1. The maximum absolute atomic E-state index is 13.1. The molecule has 0 amide bonds. The van der Waals surface area contributed by atoms with Gasteiger partial charge in [-0.1, -0.05) is 51.1 Å². The summed E-state index contributed by atoms with van der Waals surface area (Å²) in [5.74, 6) is -0.437. The minimum atomic E-state index is -0.671. The van der Waals surface area contributed by atoms with Crippen molar-refractivity contribution in [3.63, 3.8) is 0 Å². The number of rotatable bonds is 27. The van der Waals surface area contributed by atoms with Gasteiger partial charge in [0.15, 0.2) is 0 Å². The summed E-state index contributed by atoms with van der Waals surface area (Å²) in [6.07, 6.45) is 15.7. The van der Waals surface area contributed by atoms with Crippen LogP contribution in [0.3, 0.4) is 0 Å². The van der Waals surface area contributed by atoms with E-state index in [4.69, 9.17) is 33.8 Å². The number of carbonyl (C=O) groups excluding carboxylic acids is 5. The fourth-order valence-electron chi connectivity index (χ4n) is 7.36. The smallest absolute Gasteiger partial charge is 0.345 e. The molecule has 0 atom stereocenters. The Bertz CT molecular complexity index is 2040. The molecule has 1 fully saturated rings. The van der Waals surface area contributed by atoms with Gasteiger partial charge in [0.25, 0.3) is 0 Å². The van der Waals surface area contributed by atoms with Crippen molar-refractivity contribution in [1.29, 1.82) is 5.41 Å². The summed E-state index contributed by atoms with van der Waals surface area (Å²) in [4.78, 5) is 65.0. The average molecular weight is 879 g/mol. The summed E-state index contributed by atoms with van der Waals surface area (Å²) in [7, 11) is 0. The van der Waals surface area contributed by atoms with Crippen molar-refractivity contribution >= 4 is 36.1 Å². The third-order valence-electron chi connectivity index (χ3n) is 11.1. The SMILES string of the molecule is C=CC(=O)OCCCCCCOc1ccc(C(=O)Oc2ccc(OC(=O)c3ccc(C4CCC(CCCC(CCOC(=O)C(=C)C)CCOC(=O)C(=C)C)CC4)cc3)cc2C=N)cn1. The maximum Gasteiger partial charge on any atom is 0.345 e. The van der Waals surface area contributed by atoms with E-state index in [0.29, 0.717) is 73.7 Å². The lowest BCUT2D eigenvalue weighted by atomic mass is 9.76. The number of hydrogen-bond donors (Lipinski definition) is 1. The second-order valence-electron chi connectivity index (χ2n) is 16.2. The number of benzene rings is 2. The fraction of sp³-hybridized carbons (Fsp3) is 0.431. The third kappa shape index (κ3) is 17.4. The summed E-state index contributed by atoms with van der Waals surface area (Å²) in [6, 6.07) is 15.1. The van der Waals surface area contributed by atoms with Gasteiger partial charge in [0.1, 0.15) is 11.5 Å². The van der Waals surface area contributed by atoms with Gasteiger partial charge in [0.2, 0.25) is 5.88 Å². The second kappa shape index (κ2) is 27.0. The topological polar surface area (TPSA) is 177 Å². The van der Waals surface area contributed by atoms with E-state index in [1.807, 2.05) is 12.1 Å². The first-order valence-corrected chi connectivity index (χ1v) is 22.1. The number of ether oxygens (including phenoxy) is 6. The molecule has 1 aliphatic carbocycles. The highest BCUT2D eigenvalue weighted by Crippen LogP contribution is 2.38. The van der Waals surface area contributed by atoms with Crippen LogP contribution in [-0.4, -0.2) is 67.5 Å². The van der Waals surface area contributed by atoms with Gasteiger partial charge in [-0.25, -0.2) is 29.0 Å². The molecule has 4 rings (SSSR count). The normalized spacial score (nSPS) is 14.4. The zero-order valence-electron chi connectivity index (χ0n) is 37.2. The molecule has 1 heterocycles. The van der Waals surface area contributed by atoms with Crippen LogP contribution in [0, 0.1) is 17.2 Å². The number of hydrogen-bond acceptors (Lipinski definition) is 13. The van der Waals surface area contributed by atoms with E-state index in [9.17, 15) is 24.0 Å². The van der Waals surface area contributed by atoms with Crippen LogP contribution in [0.1, 0.15) is 135 Å². The van der Waals surface area contributed by atoms with E-state index < -0.39 is 29.8 Å². The van der Waals surface area contributed by atoms with Crippen molar-refractivity contribution in [2.75, 3.05) is 26.4 Å². The summed E-state index contributed by atoms with van der Waals surface area (Å²) >= 11 is 0. The van der Waals surface area contributed by atoms with E-state index in [-0.39, 0.29) is 28.5 Å². The first-order chi connectivity index (χ1) is 30.9. The molecule has 1 N–H and O–H groups in total. The molecule has 342 valence electrons. The minimum absolute atomic E-state index is 0.125. The Morgan fingerprint density at radius 2 is 1.34 bits per heavy atom. The fourth-order valence-corrected chi connectivity index (χ4v) is 7.36. The lowest BCUT2D eigenvalue weighted by Gasteiger charge is -2.29. The van der Waals surface area contributed by atoms with Crippen molar-refractivity contribution in [3.05, 3.63) is 120 Å². The lowest BCUT2D eigenvalue weighted by Crippen LogP contribution is -2.16. The molecule has 64 heavy (non-hydrogen) atoms. The average Bonchev–Trinajstić information content (AvgIpc) is 3.30. The molecule has 0 bridgehead atoms. The Kier molecular flexibility index (Phi) is 21.2. The largest absolute Gasteiger partial charge is 0.478 e. The van der Waals surface area contributed by atoms with E-state index in [2.05, 4.69) is 24.7 Å². The Morgan fingerprint density at radius 3 is 1.94 bits per heavy atom. The predicted molar refractivity (Wildman–Crippen MR) is 243 cm³/mol. The van der Waals surface area contributed by atoms with Gasteiger partial charge < -0.3 is 33.8 Å². The van der Waals surface area contributed by atoms with Gasteiger partial charge in [0.05, 0.1) is 37.6 Å². The van der Waals surface area contributed by atoms with Crippen LogP contribution in [-0.2, 0) is 28.6 Å². The van der Waals surface area contributed by atoms with Gasteiger partial charge in [-0.15, -0.1) is 0 Å². The van der Waals surface area contributed by atoms with Crippen LogP contribution >= 0.6 is 0 Å². The zero-order chi connectivity index (χ0) is 46.3. The van der Waals surface area contributed by atoms with Crippen LogP contribution in [0.25, 0.3) is 0 Å². The number of pyridine rings is 1. The van der Waals surface area contributed by atoms with Gasteiger partial charge in [-0.3, -0.25) is 0 Å². The number of unbranched alkanes of at least 4 members (excludes halogenated alkanes) is 3. The minimum Gasteiger partial charge on any atom is -0.478 e. The van der Waals surface area contributed by atoms with Crippen molar-refractivity contribution < 1.29 is 52.4 Å². The van der Waals surface area contributed by atoms with Crippen molar-refractivity contribution in [2.45, 2.75) is 103 Å². The summed E-state index contributed by atoms with van der Waals surface area (Å²) in [5, 5.41) is 7.89. The first-order valence-electron chi connectivity index (χ1n) is 22.1. The molecule has 0 spiro atoms.